The first-order valence-corrected chi connectivity index (χ1v) is 5.68. The van der Waals surface area contributed by atoms with Gasteiger partial charge in [0.15, 0.2) is 0 Å². The molecule has 5 heteroatoms. The summed E-state index contributed by atoms with van der Waals surface area (Å²) < 4.78 is 10.8. The van der Waals surface area contributed by atoms with Gasteiger partial charge >= 0.3 is 5.69 Å². The lowest BCUT2D eigenvalue weighted by atomic mass is 10.1. The zero-order chi connectivity index (χ0) is 13.8. The Labute approximate surface area is 110 Å². The molecule has 0 radical (unpaired) electrons. The molecule has 0 heterocycles. The van der Waals surface area contributed by atoms with Crippen molar-refractivity contribution in [2.45, 2.75) is 6.92 Å². The van der Waals surface area contributed by atoms with Crippen molar-refractivity contribution in [3.63, 3.8) is 0 Å². The van der Waals surface area contributed by atoms with E-state index in [0.29, 0.717) is 17.1 Å². The number of para-hydroxylation sites is 1. The van der Waals surface area contributed by atoms with Crippen LogP contribution >= 0.6 is 0 Å². The molecule has 0 saturated heterocycles. The Morgan fingerprint density at radius 1 is 1.11 bits per heavy atom. The second-order valence-electron chi connectivity index (χ2n) is 3.91. The first-order chi connectivity index (χ1) is 9.13. The lowest BCUT2D eigenvalue weighted by Crippen LogP contribution is -1.97. The Balaban J connectivity index is 2.40. The summed E-state index contributed by atoms with van der Waals surface area (Å²) in [6, 6.07) is 12.2. The summed E-state index contributed by atoms with van der Waals surface area (Å²) in [5, 5.41) is 10.9. The molecule has 2 aromatic rings. The number of hydrogen-bond acceptors (Lipinski definition) is 4. The molecule has 2 aromatic carbocycles. The zero-order valence-electron chi connectivity index (χ0n) is 10.6. The largest absolute Gasteiger partial charge is 0.490 e. The van der Waals surface area contributed by atoms with Gasteiger partial charge in [0.05, 0.1) is 12.0 Å². The van der Waals surface area contributed by atoms with Gasteiger partial charge in [0, 0.05) is 11.6 Å². The fraction of sp³-hybridized carbons (Fsp3) is 0.143. The standard InChI is InChI=1S/C14H13NO4/c1-10-13(19-11-6-4-3-5-7-11)9-8-12(15(16)17)14(10)18-2/h3-9H,1-2H3. The summed E-state index contributed by atoms with van der Waals surface area (Å²) in [6.45, 7) is 1.73. The number of nitro groups is 1. The van der Waals surface area contributed by atoms with Gasteiger partial charge in [0.25, 0.3) is 0 Å². The minimum Gasteiger partial charge on any atom is -0.490 e. The predicted octanol–water partition coefficient (Wildman–Crippen LogP) is 3.70. The fourth-order valence-corrected chi connectivity index (χ4v) is 1.79. The highest BCUT2D eigenvalue weighted by molar-refractivity contribution is 5.57. The zero-order valence-corrected chi connectivity index (χ0v) is 10.6. The highest BCUT2D eigenvalue weighted by Gasteiger charge is 2.20. The maximum Gasteiger partial charge on any atom is 0.311 e. The number of nitro benzene ring substituents is 1. The van der Waals surface area contributed by atoms with E-state index in [1.165, 1.54) is 13.2 Å². The maximum atomic E-state index is 10.9. The van der Waals surface area contributed by atoms with Crippen LogP contribution in [0.2, 0.25) is 0 Å². The first-order valence-electron chi connectivity index (χ1n) is 5.68. The van der Waals surface area contributed by atoms with Crippen LogP contribution in [0.4, 0.5) is 5.69 Å². The Kier molecular flexibility index (Phi) is 3.66. The van der Waals surface area contributed by atoms with Gasteiger partial charge in [-0.25, -0.2) is 0 Å². The van der Waals surface area contributed by atoms with Gasteiger partial charge in [0.1, 0.15) is 11.5 Å². The lowest BCUT2D eigenvalue weighted by molar-refractivity contribution is -0.385. The summed E-state index contributed by atoms with van der Waals surface area (Å²) in [5.41, 5.74) is 0.529. The third-order valence-corrected chi connectivity index (χ3v) is 2.71. The molecule has 5 nitrogen and oxygen atoms in total. The van der Waals surface area contributed by atoms with Crippen LogP contribution in [0.5, 0.6) is 17.2 Å². The molecule has 0 aliphatic carbocycles. The summed E-state index contributed by atoms with van der Waals surface area (Å²) in [4.78, 5) is 10.4. The van der Waals surface area contributed by atoms with Gasteiger partial charge in [-0.3, -0.25) is 10.1 Å². The van der Waals surface area contributed by atoms with E-state index in [0.717, 1.165) is 0 Å². The summed E-state index contributed by atoms with van der Waals surface area (Å²) in [7, 11) is 1.40. The van der Waals surface area contributed by atoms with Crippen molar-refractivity contribution in [1.82, 2.24) is 0 Å². The number of nitrogens with zero attached hydrogens (tertiary/aromatic N) is 1. The van der Waals surface area contributed by atoms with E-state index in [9.17, 15) is 10.1 Å². The molecule has 19 heavy (non-hydrogen) atoms. The molecule has 0 bridgehead atoms. The van der Waals surface area contributed by atoms with Gasteiger partial charge in [-0.1, -0.05) is 18.2 Å². The number of methoxy groups -OCH3 is 1. The quantitative estimate of drug-likeness (QED) is 0.620. The van der Waals surface area contributed by atoms with Crippen molar-refractivity contribution in [2.75, 3.05) is 7.11 Å². The third-order valence-electron chi connectivity index (χ3n) is 2.71. The van der Waals surface area contributed by atoms with Crippen molar-refractivity contribution in [2.24, 2.45) is 0 Å². The number of rotatable bonds is 4. The molecule has 0 aliphatic heterocycles. The van der Waals surface area contributed by atoms with E-state index < -0.39 is 4.92 Å². The normalized spacial score (nSPS) is 10.0. The van der Waals surface area contributed by atoms with Crippen LogP contribution in [0.25, 0.3) is 0 Å². The minimum absolute atomic E-state index is 0.0691. The van der Waals surface area contributed by atoms with Crippen molar-refractivity contribution >= 4 is 5.69 Å². The van der Waals surface area contributed by atoms with Crippen molar-refractivity contribution in [1.29, 1.82) is 0 Å². The second kappa shape index (κ2) is 5.39. The van der Waals surface area contributed by atoms with Gasteiger partial charge in [-0.15, -0.1) is 0 Å². The van der Waals surface area contributed by atoms with Gasteiger partial charge in [-0.05, 0) is 25.1 Å². The number of ether oxygens (including phenoxy) is 2. The lowest BCUT2D eigenvalue weighted by Gasteiger charge is -2.11. The Morgan fingerprint density at radius 2 is 1.79 bits per heavy atom. The molecular formula is C14H13NO4. The monoisotopic (exact) mass is 259 g/mol. The van der Waals surface area contributed by atoms with E-state index in [4.69, 9.17) is 9.47 Å². The van der Waals surface area contributed by atoms with Gasteiger partial charge in [-0.2, -0.15) is 0 Å². The molecule has 0 atom stereocenters. The van der Waals surface area contributed by atoms with E-state index in [2.05, 4.69) is 0 Å². The average molecular weight is 259 g/mol. The summed E-state index contributed by atoms with van der Waals surface area (Å²) in [5.74, 6) is 1.42. The topological polar surface area (TPSA) is 61.6 Å². The van der Waals surface area contributed by atoms with Gasteiger partial charge in [0.2, 0.25) is 5.75 Å². The summed E-state index contributed by atoms with van der Waals surface area (Å²) in [6.07, 6.45) is 0. The smallest absolute Gasteiger partial charge is 0.311 e. The third kappa shape index (κ3) is 2.65. The molecule has 0 amide bonds. The molecule has 0 N–H and O–H groups in total. The molecule has 98 valence electrons. The van der Waals surface area contributed by atoms with E-state index >= 15 is 0 Å². The average Bonchev–Trinajstić information content (AvgIpc) is 2.41. The fourth-order valence-electron chi connectivity index (χ4n) is 1.79. The van der Waals surface area contributed by atoms with Crippen LogP contribution in [0.3, 0.4) is 0 Å². The van der Waals surface area contributed by atoms with E-state index in [-0.39, 0.29) is 11.4 Å². The molecule has 0 aromatic heterocycles. The number of benzene rings is 2. The van der Waals surface area contributed by atoms with Crippen molar-refractivity contribution in [3.05, 3.63) is 58.1 Å². The van der Waals surface area contributed by atoms with Crippen LogP contribution in [-0.2, 0) is 0 Å². The van der Waals surface area contributed by atoms with Crippen LogP contribution in [0, 0.1) is 17.0 Å². The second-order valence-corrected chi connectivity index (χ2v) is 3.91. The van der Waals surface area contributed by atoms with Crippen molar-refractivity contribution < 1.29 is 14.4 Å². The molecule has 2 rings (SSSR count). The van der Waals surface area contributed by atoms with Crippen LogP contribution in [0.15, 0.2) is 42.5 Å². The van der Waals surface area contributed by atoms with Crippen LogP contribution in [-0.4, -0.2) is 12.0 Å². The maximum absolute atomic E-state index is 10.9. The Hall–Kier alpha value is -2.56. The SMILES string of the molecule is COc1c([N+](=O)[O-])ccc(Oc2ccccc2)c1C. The molecule has 0 saturated carbocycles. The van der Waals surface area contributed by atoms with E-state index in [1.807, 2.05) is 30.3 Å². The van der Waals surface area contributed by atoms with E-state index in [1.54, 1.807) is 13.0 Å². The molecule has 0 spiro atoms. The van der Waals surface area contributed by atoms with Crippen LogP contribution < -0.4 is 9.47 Å². The Bertz CT molecular complexity index is 596. The summed E-state index contributed by atoms with van der Waals surface area (Å²) >= 11 is 0. The highest BCUT2D eigenvalue weighted by atomic mass is 16.6. The highest BCUT2D eigenvalue weighted by Crippen LogP contribution is 2.37. The molecule has 0 aliphatic rings. The van der Waals surface area contributed by atoms with Gasteiger partial charge < -0.3 is 9.47 Å². The molecule has 0 fully saturated rings. The first kappa shape index (κ1) is 12.9. The van der Waals surface area contributed by atoms with Crippen molar-refractivity contribution in [3.8, 4) is 17.2 Å². The molecular weight excluding hydrogens is 246 g/mol. The Morgan fingerprint density at radius 3 is 2.37 bits per heavy atom. The number of hydrogen-bond donors (Lipinski definition) is 0. The minimum atomic E-state index is -0.474. The predicted molar refractivity (Wildman–Crippen MR) is 70.9 cm³/mol. The molecule has 0 unspecified atom stereocenters. The van der Waals surface area contributed by atoms with Crippen LogP contribution in [0.1, 0.15) is 5.56 Å².